The van der Waals surface area contributed by atoms with Crippen LogP contribution in [0.25, 0.3) is 17.1 Å². The number of aryl methyl sites for hydroxylation is 5. The van der Waals surface area contributed by atoms with Gasteiger partial charge in [0.2, 0.25) is 0 Å². The number of benzene rings is 5. The predicted octanol–water partition coefficient (Wildman–Crippen LogP) is 8.56. The summed E-state index contributed by atoms with van der Waals surface area (Å²) in [5, 5.41) is 39.6. The Bertz CT molecular complexity index is 2940. The van der Waals surface area contributed by atoms with Gasteiger partial charge in [0.1, 0.15) is 0 Å². The van der Waals surface area contributed by atoms with E-state index >= 15 is 0 Å². The molecule has 1 aliphatic rings. The number of nitrogen functional groups attached to an aromatic ring is 2. The monoisotopic (exact) mass is 1380 g/mol. The Morgan fingerprint density at radius 3 is 1.37 bits per heavy atom. The first kappa shape index (κ1) is 70.5. The number of hydrogen-bond donors (Lipinski definition) is 5. The third-order valence-corrected chi connectivity index (χ3v) is 13.9. The van der Waals surface area contributed by atoms with E-state index in [1.165, 1.54) is 16.7 Å². The molecule has 1 saturated heterocycles. The van der Waals surface area contributed by atoms with Crippen molar-refractivity contribution >= 4 is 121 Å². The second kappa shape index (κ2) is 35.2. The van der Waals surface area contributed by atoms with Crippen LogP contribution in [0.3, 0.4) is 0 Å². The molecule has 0 saturated carbocycles. The van der Waals surface area contributed by atoms with Gasteiger partial charge in [0.15, 0.2) is 0 Å². The Labute approximate surface area is 512 Å². The fraction of sp³-hybridized carbons (Fsp3) is 0.235. The maximum absolute atomic E-state index is 9.06. The topological polar surface area (TPSA) is 229 Å². The van der Waals surface area contributed by atoms with E-state index in [0.717, 1.165) is 63.8 Å². The maximum Gasteiger partial charge on any atom is 1.00 e. The van der Waals surface area contributed by atoms with E-state index in [0.29, 0.717) is 5.46 Å². The minimum absolute atomic E-state index is 0. The summed E-state index contributed by atoms with van der Waals surface area (Å²) in [4.78, 5) is 8.00. The number of nitrogens with one attached hydrogen (secondary N) is 1. The molecule has 1 fully saturated rings. The molecule has 9 rings (SSSR count). The van der Waals surface area contributed by atoms with Gasteiger partial charge in [0.05, 0.1) is 28.3 Å². The number of hydrazine groups is 1. The van der Waals surface area contributed by atoms with E-state index in [4.69, 9.17) is 58.9 Å². The second-order valence-electron chi connectivity index (χ2n) is 17.1. The molecule has 3 aromatic heterocycles. The van der Waals surface area contributed by atoms with Crippen LogP contribution in [0.5, 0.6) is 0 Å². The Morgan fingerprint density at radius 1 is 0.658 bits per heavy atom. The summed E-state index contributed by atoms with van der Waals surface area (Å²) in [7, 11) is 8.13. The van der Waals surface area contributed by atoms with Crippen molar-refractivity contribution < 1.29 is 48.9 Å². The molecule has 0 unspecified atom stereocenters. The molecular formula is C51H62B2Br3Cl2N10NaO6Sn. The number of halogens is 5. The van der Waals surface area contributed by atoms with Gasteiger partial charge >= 0.3 is 80.5 Å². The van der Waals surface area contributed by atoms with E-state index in [1.54, 1.807) is 35.4 Å². The molecule has 8 aromatic rings. The predicted molar refractivity (Wildman–Crippen MR) is 321 cm³/mol. The van der Waals surface area contributed by atoms with Crippen molar-refractivity contribution in [1.82, 2.24) is 29.3 Å². The van der Waals surface area contributed by atoms with E-state index in [9.17, 15) is 0 Å². The first-order chi connectivity index (χ1) is 35.0. The first-order valence-corrected chi connectivity index (χ1v) is 32.0. The molecule has 0 spiro atoms. The van der Waals surface area contributed by atoms with Crippen LogP contribution >= 0.6 is 65.6 Å². The average Bonchev–Trinajstić information content (AvgIpc) is 4.21. The third-order valence-electron chi connectivity index (χ3n) is 11.2. The van der Waals surface area contributed by atoms with Crippen molar-refractivity contribution in [1.29, 1.82) is 0 Å². The largest absolute Gasteiger partial charge is 1.00 e. The average molecular weight is 1390 g/mol. The fourth-order valence-corrected chi connectivity index (χ4v) is 7.31. The SMILES string of the molecule is C.Cc1cc(-n2cccn2)ccc1B(O)O.Cc1cc(-n2cccn2)ccc1B1OC(C)(C)C(C)(C)O1.Cc1cc(-n2cccn2)ccc1Br.Cc1cc(N)ccc1Br.Cc1cc(NN)ccc1Br.O=N[O-].[Cl][Sn][Cl].[Na+]. The standard InChI is InChI=1S/C16H21BN2O2.C10H11BN2O2.C10H9BrN2.C7H9BrN2.C7H8BrN.CH4.2ClH.HNO2.Na.Sn/c1-12-11-13(19-10-6-9-18-19)7-8-14(12)17-20-15(2,3)16(4,5)21-17;1-8-7-9(13-6-2-5-12-13)3-4-10(8)11(14)15;1-8-7-9(3-4-10(8)11)13-6-2-5-12-13;1-5-4-6(10-9)2-3-7(5)8;1-5-4-6(9)2-3-7(5)8;;;;2-1-3;;/h6-11H,1-5H3;2-7,14-15H,1H3;2-7H,1H3;2-4,10H,9H2,1H3;2-4H,9H2,1H3;1H4;2*1H;(H,2,3);;/q;;;;;;;;;+1;+2/p-3. The van der Waals surface area contributed by atoms with Crippen molar-refractivity contribution in [3.05, 3.63) is 198 Å². The molecule has 16 nitrogen and oxygen atoms in total. The van der Waals surface area contributed by atoms with Crippen LogP contribution in [0.4, 0.5) is 11.4 Å². The number of nitrogens with two attached hydrogens (primary N) is 2. The van der Waals surface area contributed by atoms with Crippen LogP contribution in [-0.4, -0.2) is 83.7 Å². The molecule has 25 heteroatoms. The summed E-state index contributed by atoms with van der Waals surface area (Å²) >= 11 is 9.40. The number of rotatable bonds is 6. The number of aromatic nitrogens is 6. The van der Waals surface area contributed by atoms with E-state index < -0.39 is 26.0 Å². The van der Waals surface area contributed by atoms with Crippen LogP contribution < -0.4 is 57.5 Å². The molecule has 398 valence electrons. The van der Waals surface area contributed by atoms with E-state index in [-0.39, 0.29) is 55.3 Å². The Hall–Kier alpha value is -3.52. The van der Waals surface area contributed by atoms with Gasteiger partial charge in [0.25, 0.3) is 0 Å². The van der Waals surface area contributed by atoms with Gasteiger partial charge < -0.3 is 40.6 Å². The Balaban J connectivity index is 0.000000472. The minimum atomic E-state index is -1.42. The van der Waals surface area contributed by atoms with Gasteiger partial charge in [-0.15, -0.1) is 5.34 Å². The van der Waals surface area contributed by atoms with Crippen LogP contribution in [0, 0.1) is 44.7 Å². The van der Waals surface area contributed by atoms with Gasteiger partial charge in [-0.05, 0) is 198 Å². The zero-order chi connectivity index (χ0) is 55.2. The zero-order valence-electron chi connectivity index (χ0n) is 43.2. The summed E-state index contributed by atoms with van der Waals surface area (Å²) in [5.41, 5.74) is 19.4. The molecule has 5 aromatic carbocycles. The quantitative estimate of drug-likeness (QED) is 0.0347. The molecule has 0 bridgehead atoms. The van der Waals surface area contributed by atoms with Crippen LogP contribution in [0.2, 0.25) is 0 Å². The molecule has 76 heavy (non-hydrogen) atoms. The Kier molecular flexibility index (Phi) is 32.6. The number of hydrogen-bond acceptors (Lipinski definition) is 13. The smallest absolute Gasteiger partial charge is 1.00 e. The Morgan fingerprint density at radius 2 is 1.03 bits per heavy atom. The van der Waals surface area contributed by atoms with Gasteiger partial charge in [0, 0.05) is 62.0 Å². The van der Waals surface area contributed by atoms with Crippen molar-refractivity contribution in [2.75, 3.05) is 11.2 Å². The number of nitrogens with zero attached hydrogens (tertiary/aromatic N) is 7. The van der Waals surface area contributed by atoms with Crippen molar-refractivity contribution in [2.45, 2.75) is 80.9 Å². The van der Waals surface area contributed by atoms with Crippen LogP contribution in [-0.2, 0) is 9.31 Å². The molecule has 2 radical (unpaired) electrons. The second-order valence-corrected chi connectivity index (χ2v) is 23.9. The summed E-state index contributed by atoms with van der Waals surface area (Å²) in [6.45, 7) is 18.3. The minimum Gasteiger partial charge on any atom is 1.00 e. The van der Waals surface area contributed by atoms with Crippen molar-refractivity contribution in [3.8, 4) is 17.1 Å². The molecular weight excluding hydrogens is 1320 g/mol. The van der Waals surface area contributed by atoms with Gasteiger partial charge in [-0.3, -0.25) is 5.84 Å². The molecule has 4 heterocycles. The first-order valence-electron chi connectivity index (χ1n) is 22.4. The zero-order valence-corrected chi connectivity index (χ0v) is 54.3. The summed E-state index contributed by atoms with van der Waals surface area (Å²) in [6, 6.07) is 35.0. The molecule has 0 atom stereocenters. The maximum atomic E-state index is 9.06. The summed E-state index contributed by atoms with van der Waals surface area (Å²) in [6.07, 6.45) is 11.0. The number of anilines is 2. The van der Waals surface area contributed by atoms with Crippen LogP contribution in [0.15, 0.2) is 165 Å². The molecule has 0 aliphatic carbocycles. The summed E-state index contributed by atoms with van der Waals surface area (Å²) < 4.78 is 21.0. The van der Waals surface area contributed by atoms with Crippen LogP contribution in [0.1, 0.15) is 62.9 Å². The fourth-order valence-electron chi connectivity index (χ4n) is 6.57. The van der Waals surface area contributed by atoms with Gasteiger partial charge in [-0.25, -0.2) is 14.0 Å². The van der Waals surface area contributed by atoms with E-state index in [2.05, 4.69) is 128 Å². The molecule has 1 aliphatic heterocycles. The van der Waals surface area contributed by atoms with Crippen molar-refractivity contribution in [3.63, 3.8) is 0 Å². The van der Waals surface area contributed by atoms with Gasteiger partial charge in [-0.2, -0.15) is 15.3 Å². The van der Waals surface area contributed by atoms with Gasteiger partial charge in [-0.1, -0.05) is 67.3 Å². The van der Waals surface area contributed by atoms with Crippen molar-refractivity contribution in [2.24, 2.45) is 11.2 Å². The molecule has 7 N–H and O–H groups in total. The van der Waals surface area contributed by atoms with E-state index in [1.807, 2.05) is 128 Å². The summed E-state index contributed by atoms with van der Waals surface area (Å²) in [5.74, 6) is 5.20. The normalized spacial score (nSPS) is 12.1. The molecule has 0 amide bonds. The third kappa shape index (κ3) is 22.3.